The largest absolute Gasteiger partial charge is 0.508 e. The molecular formula is C26H27FO5. The molecule has 0 atom stereocenters. The summed E-state index contributed by atoms with van der Waals surface area (Å²) < 4.78 is 31.3. The predicted octanol–water partition coefficient (Wildman–Crippen LogP) is 6.32. The number of ether oxygens (including phenoxy) is 3. The van der Waals surface area contributed by atoms with Gasteiger partial charge in [0.15, 0.2) is 23.1 Å². The van der Waals surface area contributed by atoms with Gasteiger partial charge in [-0.25, -0.2) is 4.39 Å². The fourth-order valence-corrected chi connectivity index (χ4v) is 3.42. The molecule has 3 aromatic rings. The summed E-state index contributed by atoms with van der Waals surface area (Å²) in [4.78, 5) is 0. The zero-order valence-electron chi connectivity index (χ0n) is 18.6. The van der Waals surface area contributed by atoms with E-state index in [0.29, 0.717) is 41.0 Å². The van der Waals surface area contributed by atoms with Crippen LogP contribution >= 0.6 is 0 Å². The molecule has 0 heterocycles. The molecular weight excluding hydrogens is 411 g/mol. The van der Waals surface area contributed by atoms with Gasteiger partial charge in [-0.1, -0.05) is 29.8 Å². The molecule has 0 bridgehead atoms. The van der Waals surface area contributed by atoms with E-state index in [1.54, 1.807) is 24.3 Å². The van der Waals surface area contributed by atoms with Crippen LogP contribution in [0.25, 0.3) is 22.3 Å². The molecule has 0 saturated heterocycles. The number of phenols is 2. The number of benzene rings is 3. The maximum atomic E-state index is 14.7. The first-order valence-electron chi connectivity index (χ1n) is 10.2. The summed E-state index contributed by atoms with van der Waals surface area (Å²) in [5.74, 6) is 0.118. The Labute approximate surface area is 187 Å². The van der Waals surface area contributed by atoms with Gasteiger partial charge in [0.25, 0.3) is 0 Å². The first-order chi connectivity index (χ1) is 15.3. The molecule has 2 N–H and O–H groups in total. The molecule has 0 aliphatic rings. The summed E-state index contributed by atoms with van der Waals surface area (Å²) in [6, 6.07) is 12.7. The number of hydrogen-bond donors (Lipinski definition) is 2. The number of halogens is 1. The predicted molar refractivity (Wildman–Crippen MR) is 123 cm³/mol. The van der Waals surface area contributed by atoms with E-state index in [4.69, 9.17) is 14.2 Å². The summed E-state index contributed by atoms with van der Waals surface area (Å²) in [6.07, 6.45) is 2.71. The highest BCUT2D eigenvalue weighted by Gasteiger charge is 2.22. The van der Waals surface area contributed by atoms with Gasteiger partial charge < -0.3 is 24.4 Å². The van der Waals surface area contributed by atoms with Gasteiger partial charge in [-0.3, -0.25) is 0 Å². The highest BCUT2D eigenvalue weighted by Crippen LogP contribution is 2.49. The van der Waals surface area contributed by atoms with Crippen molar-refractivity contribution in [3.05, 3.63) is 66.0 Å². The van der Waals surface area contributed by atoms with Gasteiger partial charge in [-0.05, 0) is 61.7 Å². The molecule has 0 amide bonds. The van der Waals surface area contributed by atoms with E-state index < -0.39 is 5.82 Å². The van der Waals surface area contributed by atoms with Crippen molar-refractivity contribution in [1.29, 1.82) is 0 Å². The minimum absolute atomic E-state index is 0.124. The molecule has 0 aliphatic carbocycles. The Hall–Kier alpha value is -3.67. The fourth-order valence-electron chi connectivity index (χ4n) is 3.42. The average Bonchev–Trinajstić information content (AvgIpc) is 2.77. The lowest BCUT2D eigenvalue weighted by atomic mass is 9.96. The van der Waals surface area contributed by atoms with E-state index >= 15 is 0 Å². The van der Waals surface area contributed by atoms with Gasteiger partial charge in [-0.2, -0.15) is 0 Å². The van der Waals surface area contributed by atoms with Gasteiger partial charge in [0, 0.05) is 5.56 Å². The number of rotatable bonds is 8. The van der Waals surface area contributed by atoms with Crippen molar-refractivity contribution in [3.8, 4) is 51.0 Å². The fraction of sp³-hybridized carbons (Fsp3) is 0.231. The Bertz CT molecular complexity index is 1120. The minimum atomic E-state index is -0.539. The van der Waals surface area contributed by atoms with Gasteiger partial charge in [-0.15, -0.1) is 0 Å². The number of hydrogen-bond acceptors (Lipinski definition) is 5. The summed E-state index contributed by atoms with van der Waals surface area (Å²) in [6.45, 7) is 4.36. The number of methoxy groups -OCH3 is 2. The third kappa shape index (κ3) is 4.97. The maximum absolute atomic E-state index is 14.7. The lowest BCUT2D eigenvalue weighted by Gasteiger charge is -2.18. The van der Waals surface area contributed by atoms with Crippen molar-refractivity contribution in [2.45, 2.75) is 20.3 Å². The molecule has 0 radical (unpaired) electrons. The maximum Gasteiger partial charge on any atom is 0.170 e. The van der Waals surface area contributed by atoms with Crippen molar-refractivity contribution < 1.29 is 28.8 Å². The van der Waals surface area contributed by atoms with Crippen LogP contribution in [0, 0.1) is 5.82 Å². The van der Waals surface area contributed by atoms with Crippen molar-refractivity contribution in [2.75, 3.05) is 20.8 Å². The third-order valence-corrected chi connectivity index (χ3v) is 4.97. The number of phenolic OH excluding ortho intramolecular Hbond substituents is 2. The first-order valence-corrected chi connectivity index (χ1v) is 10.2. The van der Waals surface area contributed by atoms with Gasteiger partial charge in [0.1, 0.15) is 11.5 Å². The van der Waals surface area contributed by atoms with Crippen LogP contribution in [0.1, 0.15) is 20.3 Å². The molecule has 168 valence electrons. The molecule has 0 spiro atoms. The summed E-state index contributed by atoms with van der Waals surface area (Å²) >= 11 is 0. The van der Waals surface area contributed by atoms with E-state index in [1.807, 2.05) is 19.9 Å². The van der Waals surface area contributed by atoms with E-state index in [1.165, 1.54) is 44.1 Å². The van der Waals surface area contributed by atoms with Crippen LogP contribution in [-0.2, 0) is 0 Å². The van der Waals surface area contributed by atoms with Gasteiger partial charge in [0.2, 0.25) is 0 Å². The average molecular weight is 438 g/mol. The quantitative estimate of drug-likeness (QED) is 0.318. The SMILES string of the molecule is COc1cc(-c2ccc(O)cc2)c(OC)c(O)c1-c1ccc(OCCC=C(C)C)c(F)c1. The monoisotopic (exact) mass is 438 g/mol. The molecule has 32 heavy (non-hydrogen) atoms. The van der Waals surface area contributed by atoms with Crippen LogP contribution < -0.4 is 14.2 Å². The van der Waals surface area contributed by atoms with Crippen molar-refractivity contribution in [3.63, 3.8) is 0 Å². The van der Waals surface area contributed by atoms with Crippen LogP contribution in [0.2, 0.25) is 0 Å². The molecule has 0 fully saturated rings. The second kappa shape index (κ2) is 10.1. The Morgan fingerprint density at radius 2 is 1.59 bits per heavy atom. The van der Waals surface area contributed by atoms with Gasteiger partial charge in [0.05, 0.1) is 26.4 Å². The Morgan fingerprint density at radius 1 is 0.906 bits per heavy atom. The van der Waals surface area contributed by atoms with Crippen LogP contribution in [0.5, 0.6) is 28.7 Å². The normalized spacial score (nSPS) is 10.5. The summed E-state index contributed by atoms with van der Waals surface area (Å²) in [5.41, 5.74) is 3.19. The zero-order chi connectivity index (χ0) is 23.3. The summed E-state index contributed by atoms with van der Waals surface area (Å²) in [5, 5.41) is 20.6. The topological polar surface area (TPSA) is 68.2 Å². The zero-order valence-corrected chi connectivity index (χ0v) is 18.6. The minimum Gasteiger partial charge on any atom is -0.508 e. The Balaban J connectivity index is 2.01. The highest BCUT2D eigenvalue weighted by molar-refractivity contribution is 5.87. The molecule has 3 rings (SSSR count). The lowest BCUT2D eigenvalue weighted by Crippen LogP contribution is -1.99. The molecule has 5 nitrogen and oxygen atoms in total. The second-order valence-corrected chi connectivity index (χ2v) is 7.49. The van der Waals surface area contributed by atoms with Crippen LogP contribution in [-0.4, -0.2) is 31.0 Å². The van der Waals surface area contributed by atoms with Crippen molar-refractivity contribution in [2.24, 2.45) is 0 Å². The van der Waals surface area contributed by atoms with Crippen molar-refractivity contribution >= 4 is 0 Å². The molecule has 3 aromatic carbocycles. The molecule has 0 aromatic heterocycles. The molecule has 6 heteroatoms. The Kier molecular flexibility index (Phi) is 7.25. The van der Waals surface area contributed by atoms with E-state index in [2.05, 4.69) is 0 Å². The van der Waals surface area contributed by atoms with E-state index in [9.17, 15) is 14.6 Å². The summed E-state index contributed by atoms with van der Waals surface area (Å²) in [7, 11) is 2.92. The van der Waals surface area contributed by atoms with E-state index in [0.717, 1.165) is 0 Å². The lowest BCUT2D eigenvalue weighted by molar-refractivity contribution is 0.308. The standard InChI is InChI=1S/C26H27FO5/c1-16(2)6-5-13-32-22-12-9-18(14-21(22)27)24-23(30-3)15-20(26(31-4)25(24)29)17-7-10-19(28)11-8-17/h6-12,14-15,28-29H,5,13H2,1-4H3. The van der Waals surface area contributed by atoms with Crippen LogP contribution in [0.15, 0.2) is 60.2 Å². The van der Waals surface area contributed by atoms with E-state index in [-0.39, 0.29) is 23.0 Å². The number of allylic oxidation sites excluding steroid dienone is 1. The highest BCUT2D eigenvalue weighted by atomic mass is 19.1. The Morgan fingerprint density at radius 3 is 2.19 bits per heavy atom. The van der Waals surface area contributed by atoms with Crippen LogP contribution in [0.4, 0.5) is 4.39 Å². The molecule has 0 unspecified atom stereocenters. The third-order valence-electron chi connectivity index (χ3n) is 4.97. The van der Waals surface area contributed by atoms with Crippen LogP contribution in [0.3, 0.4) is 0 Å². The second-order valence-electron chi connectivity index (χ2n) is 7.49. The first kappa shape index (κ1) is 23.0. The molecule has 0 saturated carbocycles. The molecule has 0 aliphatic heterocycles. The van der Waals surface area contributed by atoms with Gasteiger partial charge >= 0.3 is 0 Å². The van der Waals surface area contributed by atoms with Crippen molar-refractivity contribution in [1.82, 2.24) is 0 Å². The smallest absolute Gasteiger partial charge is 0.170 e. The number of aromatic hydroxyl groups is 2.